The third-order valence-electron chi connectivity index (χ3n) is 2.57. The minimum Gasteiger partial charge on any atom is -0.396 e. The Kier molecular flexibility index (Phi) is 5.63. The van der Waals surface area contributed by atoms with Crippen LogP contribution >= 0.6 is 0 Å². The zero-order valence-corrected chi connectivity index (χ0v) is 10.4. The SMILES string of the molecule is COCC(CCO)NS(=O)(=O)N1CCCC1. The number of nitrogens with zero attached hydrogens (tertiary/aromatic N) is 1. The topological polar surface area (TPSA) is 78.9 Å². The van der Waals surface area contributed by atoms with Crippen LogP contribution in [-0.2, 0) is 14.9 Å². The van der Waals surface area contributed by atoms with Crippen molar-refractivity contribution in [3.63, 3.8) is 0 Å². The fourth-order valence-corrected chi connectivity index (χ4v) is 3.24. The van der Waals surface area contributed by atoms with Crippen LogP contribution in [0.5, 0.6) is 0 Å². The van der Waals surface area contributed by atoms with Crippen LogP contribution in [0.4, 0.5) is 0 Å². The molecule has 2 N–H and O–H groups in total. The molecule has 0 aromatic rings. The van der Waals surface area contributed by atoms with E-state index < -0.39 is 10.2 Å². The highest BCUT2D eigenvalue weighted by atomic mass is 32.2. The van der Waals surface area contributed by atoms with E-state index in [2.05, 4.69) is 4.72 Å². The molecular weight excluding hydrogens is 232 g/mol. The predicted molar refractivity (Wildman–Crippen MR) is 60.2 cm³/mol. The van der Waals surface area contributed by atoms with Gasteiger partial charge in [0.15, 0.2) is 0 Å². The van der Waals surface area contributed by atoms with Crippen molar-refractivity contribution in [1.29, 1.82) is 0 Å². The molecule has 96 valence electrons. The fraction of sp³-hybridized carbons (Fsp3) is 1.00. The van der Waals surface area contributed by atoms with Gasteiger partial charge >= 0.3 is 0 Å². The maximum absolute atomic E-state index is 11.9. The molecule has 0 aliphatic carbocycles. The first-order chi connectivity index (χ1) is 7.60. The molecule has 16 heavy (non-hydrogen) atoms. The molecule has 0 aromatic carbocycles. The summed E-state index contributed by atoms with van der Waals surface area (Å²) in [6, 6.07) is -0.361. The molecule has 1 saturated heterocycles. The quantitative estimate of drug-likeness (QED) is 0.629. The second kappa shape index (κ2) is 6.51. The average molecular weight is 252 g/mol. The summed E-state index contributed by atoms with van der Waals surface area (Å²) < 4.78 is 32.6. The summed E-state index contributed by atoms with van der Waals surface area (Å²) in [5.74, 6) is 0. The van der Waals surface area contributed by atoms with Gasteiger partial charge in [-0.3, -0.25) is 0 Å². The smallest absolute Gasteiger partial charge is 0.279 e. The van der Waals surface area contributed by atoms with Crippen molar-refractivity contribution in [1.82, 2.24) is 9.03 Å². The van der Waals surface area contributed by atoms with Crippen LogP contribution < -0.4 is 4.72 Å². The van der Waals surface area contributed by atoms with Gasteiger partial charge in [0.2, 0.25) is 0 Å². The summed E-state index contributed by atoms with van der Waals surface area (Å²) in [6.45, 7) is 1.37. The van der Waals surface area contributed by atoms with Crippen molar-refractivity contribution >= 4 is 10.2 Å². The molecule has 1 aliphatic rings. The monoisotopic (exact) mass is 252 g/mol. The molecule has 1 aliphatic heterocycles. The first-order valence-corrected chi connectivity index (χ1v) is 6.91. The van der Waals surface area contributed by atoms with E-state index in [1.807, 2.05) is 0 Å². The van der Waals surface area contributed by atoms with Crippen LogP contribution in [0.25, 0.3) is 0 Å². The van der Waals surface area contributed by atoms with Gasteiger partial charge in [-0.15, -0.1) is 0 Å². The number of aliphatic hydroxyl groups excluding tert-OH is 1. The maximum Gasteiger partial charge on any atom is 0.279 e. The van der Waals surface area contributed by atoms with Crippen molar-refractivity contribution in [3.8, 4) is 0 Å². The number of ether oxygens (including phenoxy) is 1. The standard InChI is InChI=1S/C9H20N2O4S/c1-15-8-9(4-7-12)10-16(13,14)11-5-2-3-6-11/h9-10,12H,2-8H2,1H3. The molecule has 0 spiro atoms. The van der Waals surface area contributed by atoms with E-state index >= 15 is 0 Å². The normalized spacial score (nSPS) is 20.1. The third-order valence-corrected chi connectivity index (χ3v) is 4.24. The zero-order chi connectivity index (χ0) is 12.0. The van der Waals surface area contributed by atoms with Gasteiger partial charge in [-0.2, -0.15) is 17.4 Å². The highest BCUT2D eigenvalue weighted by Gasteiger charge is 2.27. The molecule has 0 saturated carbocycles. The molecular formula is C9H20N2O4S. The van der Waals surface area contributed by atoms with Gasteiger partial charge in [0.05, 0.1) is 6.61 Å². The van der Waals surface area contributed by atoms with E-state index in [4.69, 9.17) is 9.84 Å². The van der Waals surface area contributed by atoms with Crippen LogP contribution in [0.3, 0.4) is 0 Å². The fourth-order valence-electron chi connectivity index (χ4n) is 1.75. The van der Waals surface area contributed by atoms with Crippen LogP contribution in [-0.4, -0.2) is 57.3 Å². The predicted octanol–water partition coefficient (Wildman–Crippen LogP) is -0.686. The molecule has 7 heteroatoms. The lowest BCUT2D eigenvalue weighted by molar-refractivity contribution is 0.157. The van der Waals surface area contributed by atoms with Crippen molar-refractivity contribution < 1.29 is 18.3 Å². The van der Waals surface area contributed by atoms with Gasteiger partial charge in [0, 0.05) is 32.8 Å². The van der Waals surface area contributed by atoms with Crippen molar-refractivity contribution in [2.75, 3.05) is 33.4 Å². The van der Waals surface area contributed by atoms with E-state index in [1.165, 1.54) is 11.4 Å². The first-order valence-electron chi connectivity index (χ1n) is 5.47. The number of nitrogens with one attached hydrogen (secondary N) is 1. The second-order valence-corrected chi connectivity index (χ2v) is 5.60. The Balaban J connectivity index is 2.54. The Hall–Kier alpha value is -0.210. The van der Waals surface area contributed by atoms with Crippen LogP contribution in [0.2, 0.25) is 0 Å². The van der Waals surface area contributed by atoms with E-state index in [0.717, 1.165) is 12.8 Å². The minimum absolute atomic E-state index is 0.0590. The Labute approximate surface area is 96.8 Å². The number of hydrogen-bond donors (Lipinski definition) is 2. The van der Waals surface area contributed by atoms with Crippen molar-refractivity contribution in [2.45, 2.75) is 25.3 Å². The first kappa shape index (κ1) is 13.9. The van der Waals surface area contributed by atoms with Gasteiger partial charge in [-0.05, 0) is 19.3 Å². The molecule has 0 aromatic heterocycles. The average Bonchev–Trinajstić information content (AvgIpc) is 2.71. The number of hydrogen-bond acceptors (Lipinski definition) is 4. The summed E-state index contributed by atoms with van der Waals surface area (Å²) in [7, 11) is -1.90. The summed E-state index contributed by atoms with van der Waals surface area (Å²) >= 11 is 0. The van der Waals surface area contributed by atoms with E-state index in [0.29, 0.717) is 19.5 Å². The summed E-state index contributed by atoms with van der Waals surface area (Å²) in [6.07, 6.45) is 2.19. The number of aliphatic hydroxyl groups is 1. The van der Waals surface area contributed by atoms with Gasteiger partial charge in [0.1, 0.15) is 0 Å². The Morgan fingerprint density at radius 2 is 2.06 bits per heavy atom. The van der Waals surface area contributed by atoms with E-state index in [-0.39, 0.29) is 19.3 Å². The molecule has 1 fully saturated rings. The lowest BCUT2D eigenvalue weighted by Crippen LogP contribution is -2.46. The molecule has 0 amide bonds. The maximum atomic E-state index is 11.9. The molecule has 6 nitrogen and oxygen atoms in total. The largest absolute Gasteiger partial charge is 0.396 e. The molecule has 1 atom stereocenters. The van der Waals surface area contributed by atoms with Crippen LogP contribution in [0, 0.1) is 0 Å². The van der Waals surface area contributed by atoms with Gasteiger partial charge in [-0.25, -0.2) is 0 Å². The summed E-state index contributed by atoms with van der Waals surface area (Å²) in [4.78, 5) is 0. The van der Waals surface area contributed by atoms with Gasteiger partial charge in [0.25, 0.3) is 10.2 Å². The highest BCUT2D eigenvalue weighted by Crippen LogP contribution is 2.12. The molecule has 1 heterocycles. The lowest BCUT2D eigenvalue weighted by Gasteiger charge is -2.21. The zero-order valence-electron chi connectivity index (χ0n) is 9.55. The Morgan fingerprint density at radius 1 is 1.44 bits per heavy atom. The van der Waals surface area contributed by atoms with Gasteiger partial charge < -0.3 is 9.84 Å². The Morgan fingerprint density at radius 3 is 2.56 bits per heavy atom. The van der Waals surface area contributed by atoms with Gasteiger partial charge in [-0.1, -0.05) is 0 Å². The summed E-state index contributed by atoms with van der Waals surface area (Å²) in [5, 5.41) is 8.82. The number of rotatable bonds is 7. The molecule has 1 unspecified atom stereocenters. The van der Waals surface area contributed by atoms with Crippen LogP contribution in [0.15, 0.2) is 0 Å². The minimum atomic E-state index is -3.41. The molecule has 0 bridgehead atoms. The third kappa shape index (κ3) is 3.99. The van der Waals surface area contributed by atoms with E-state index in [1.54, 1.807) is 0 Å². The Bertz CT molecular complexity index is 282. The lowest BCUT2D eigenvalue weighted by atomic mass is 10.2. The molecule has 0 radical (unpaired) electrons. The van der Waals surface area contributed by atoms with Crippen molar-refractivity contribution in [3.05, 3.63) is 0 Å². The van der Waals surface area contributed by atoms with Crippen LogP contribution in [0.1, 0.15) is 19.3 Å². The second-order valence-electron chi connectivity index (χ2n) is 3.89. The highest BCUT2D eigenvalue weighted by molar-refractivity contribution is 7.87. The number of methoxy groups -OCH3 is 1. The summed E-state index contributed by atoms with van der Waals surface area (Å²) in [5.41, 5.74) is 0. The van der Waals surface area contributed by atoms with E-state index in [9.17, 15) is 8.42 Å². The van der Waals surface area contributed by atoms with Crippen molar-refractivity contribution in [2.24, 2.45) is 0 Å². The molecule has 1 rings (SSSR count).